The fourth-order valence-corrected chi connectivity index (χ4v) is 10.7. The number of carbonyl (C=O) groups excluding carboxylic acids is 3. The van der Waals surface area contributed by atoms with E-state index in [1.807, 2.05) is 6.26 Å². The number of hydrogen-bond acceptors (Lipinski definition) is 12. The first-order valence-corrected chi connectivity index (χ1v) is 23.1. The van der Waals surface area contributed by atoms with Gasteiger partial charge in [-0.15, -0.1) is 0 Å². The van der Waals surface area contributed by atoms with Gasteiger partial charge in [-0.2, -0.15) is 0 Å². The number of hydrogen-bond donors (Lipinski definition) is 0. The predicted molar refractivity (Wildman–Crippen MR) is 221 cm³/mol. The number of benzene rings is 2. The van der Waals surface area contributed by atoms with E-state index >= 15 is 0 Å². The topological polar surface area (TPSA) is 140 Å². The van der Waals surface area contributed by atoms with E-state index in [0.29, 0.717) is 77.9 Å². The number of aliphatic imine (C=N–C) groups is 2. The first kappa shape index (κ1) is 40.5. The van der Waals surface area contributed by atoms with E-state index in [1.54, 1.807) is 80.0 Å². The summed E-state index contributed by atoms with van der Waals surface area (Å²) in [5, 5.41) is 0. The summed E-state index contributed by atoms with van der Waals surface area (Å²) in [6, 6.07) is 6.31. The molecule has 1 unspecified atom stereocenters. The Morgan fingerprint density at radius 1 is 0.855 bits per heavy atom. The first-order valence-electron chi connectivity index (χ1n) is 18.1. The molecule has 3 amide bonds. The van der Waals surface area contributed by atoms with E-state index in [0.717, 1.165) is 23.3 Å². The van der Waals surface area contributed by atoms with Crippen molar-refractivity contribution in [3.8, 4) is 23.0 Å². The second-order valence-electron chi connectivity index (χ2n) is 14.0. The number of rotatable bonds is 17. The van der Waals surface area contributed by atoms with Crippen molar-refractivity contribution in [3.05, 3.63) is 59.7 Å². The highest BCUT2D eigenvalue weighted by molar-refractivity contribution is 8.76. The molecule has 2 aromatic rings. The minimum Gasteiger partial charge on any atom is -0.493 e. The number of amides is 3. The van der Waals surface area contributed by atoms with Crippen LogP contribution in [0.4, 0.5) is 11.4 Å². The zero-order valence-electron chi connectivity index (χ0n) is 31.8. The molecule has 2 fully saturated rings. The molecule has 4 heterocycles. The van der Waals surface area contributed by atoms with Gasteiger partial charge in [-0.05, 0) is 37.7 Å². The Balaban J connectivity index is 1.17. The fraction of sp³-hybridized carbons (Fsp3) is 0.462. The highest BCUT2D eigenvalue weighted by Gasteiger charge is 2.36. The molecule has 0 saturated carbocycles. The Labute approximate surface area is 330 Å². The van der Waals surface area contributed by atoms with Crippen LogP contribution in [0.3, 0.4) is 0 Å². The summed E-state index contributed by atoms with van der Waals surface area (Å²) in [5.74, 6) is 1.91. The van der Waals surface area contributed by atoms with Crippen LogP contribution in [0.5, 0.6) is 23.0 Å². The van der Waals surface area contributed by atoms with Gasteiger partial charge in [-0.3, -0.25) is 24.4 Å². The molecule has 294 valence electrons. The molecule has 13 nitrogen and oxygen atoms in total. The number of nitrogens with zero attached hydrogens (tertiary/aromatic N) is 5. The lowest BCUT2D eigenvalue weighted by Gasteiger charge is -2.26. The third kappa shape index (κ3) is 9.27. The summed E-state index contributed by atoms with van der Waals surface area (Å²) in [6.45, 7) is 9.14. The molecule has 0 aromatic heterocycles. The van der Waals surface area contributed by atoms with Crippen LogP contribution in [-0.2, 0) is 9.36 Å². The molecule has 4 aliphatic heterocycles. The van der Waals surface area contributed by atoms with E-state index < -0.39 is 7.14 Å². The van der Waals surface area contributed by atoms with E-state index in [9.17, 15) is 18.9 Å². The molecule has 6 rings (SSSR count). The normalized spacial score (nSPS) is 19.6. The molecule has 0 spiro atoms. The van der Waals surface area contributed by atoms with Crippen LogP contribution in [0.2, 0.25) is 0 Å². The Kier molecular flexibility index (Phi) is 13.0. The van der Waals surface area contributed by atoms with Crippen molar-refractivity contribution in [1.29, 1.82) is 0 Å². The standard InChI is InChI=1S/C39H48N5O8PS2/c1-25-14-27-20-40-31-18-35(33(49-4)16-29(31)38(46)43(27)22-25)51-9-11-53(48,24-42(3)37(45)8-7-13-55-54-6)12-10-52-36-19-32-30(17-34(36)50-5)39(47)44-23-26(2)15-28(44)21-41-32/h16-21,27-28H,1-2,7-15,22-24H2,3-6H3/t27-,28+,53?. The van der Waals surface area contributed by atoms with Crippen molar-refractivity contribution < 1.29 is 37.9 Å². The van der Waals surface area contributed by atoms with Crippen LogP contribution in [0, 0.1) is 0 Å². The number of carbonyl (C=O) groups is 3. The fourth-order valence-electron chi connectivity index (χ4n) is 7.13. The lowest BCUT2D eigenvalue weighted by atomic mass is 10.1. The van der Waals surface area contributed by atoms with Crippen LogP contribution < -0.4 is 18.9 Å². The Morgan fingerprint density at radius 2 is 1.35 bits per heavy atom. The monoisotopic (exact) mass is 809 g/mol. The van der Waals surface area contributed by atoms with Crippen molar-refractivity contribution in [2.24, 2.45) is 9.98 Å². The maximum atomic E-state index is 14.7. The molecular formula is C39H48N5O8PS2. The van der Waals surface area contributed by atoms with Gasteiger partial charge in [0, 0.05) is 69.2 Å². The molecular weight excluding hydrogens is 762 g/mol. The van der Waals surface area contributed by atoms with Gasteiger partial charge >= 0.3 is 0 Å². The van der Waals surface area contributed by atoms with E-state index in [2.05, 4.69) is 23.1 Å². The first-order chi connectivity index (χ1) is 26.4. The summed E-state index contributed by atoms with van der Waals surface area (Å²) in [7, 11) is 4.88. The number of methoxy groups -OCH3 is 2. The van der Waals surface area contributed by atoms with Crippen molar-refractivity contribution in [3.63, 3.8) is 0 Å². The molecule has 55 heavy (non-hydrogen) atoms. The van der Waals surface area contributed by atoms with Gasteiger partial charge in [0.05, 0.1) is 68.3 Å². The minimum atomic E-state index is -3.15. The second kappa shape index (κ2) is 17.7. The van der Waals surface area contributed by atoms with Crippen LogP contribution in [0.15, 0.2) is 58.6 Å². The van der Waals surface area contributed by atoms with Crippen LogP contribution in [0.25, 0.3) is 0 Å². The molecule has 4 aliphatic rings. The molecule has 0 bridgehead atoms. The Bertz CT molecular complexity index is 1850. The average Bonchev–Trinajstić information content (AvgIpc) is 3.68. The Morgan fingerprint density at radius 3 is 1.80 bits per heavy atom. The van der Waals surface area contributed by atoms with Crippen LogP contribution >= 0.6 is 28.7 Å². The number of fused-ring (bicyclic) bond motifs is 4. The molecule has 2 aromatic carbocycles. The van der Waals surface area contributed by atoms with Gasteiger partial charge < -0.3 is 38.2 Å². The van der Waals surface area contributed by atoms with E-state index in [1.165, 1.54) is 14.2 Å². The summed E-state index contributed by atoms with van der Waals surface area (Å²) in [6.07, 6.45) is 8.26. The van der Waals surface area contributed by atoms with Gasteiger partial charge in [0.15, 0.2) is 23.0 Å². The molecule has 0 radical (unpaired) electrons. The van der Waals surface area contributed by atoms with Gasteiger partial charge in [-0.1, -0.05) is 45.9 Å². The van der Waals surface area contributed by atoms with Crippen LogP contribution in [-0.4, -0.2) is 135 Å². The van der Waals surface area contributed by atoms with Crippen molar-refractivity contribution in [2.45, 2.75) is 37.8 Å². The minimum absolute atomic E-state index is 0.0412. The van der Waals surface area contributed by atoms with Gasteiger partial charge in [0.25, 0.3) is 11.8 Å². The molecule has 3 atom stereocenters. The third-order valence-electron chi connectivity index (χ3n) is 10.0. The molecule has 0 N–H and O–H groups in total. The zero-order chi connectivity index (χ0) is 39.3. The van der Waals surface area contributed by atoms with Gasteiger partial charge in [0.1, 0.15) is 7.14 Å². The number of ether oxygens (including phenoxy) is 4. The maximum Gasteiger partial charge on any atom is 0.257 e. The lowest BCUT2D eigenvalue weighted by molar-refractivity contribution is -0.129. The van der Waals surface area contributed by atoms with E-state index in [4.69, 9.17) is 18.9 Å². The van der Waals surface area contributed by atoms with Crippen LogP contribution in [0.1, 0.15) is 46.4 Å². The summed E-state index contributed by atoms with van der Waals surface area (Å²) in [4.78, 5) is 54.2. The SMILES string of the molecule is C=C1C[C@H]2C=Nc3cc(OCCP(=O)(CCOc4cc5c(cc4OC)C(=O)N4CC(=C)C[C@@H]4C=N5)CN(C)C(=O)CCCSSC)c(OC)cc3C(=O)N2C1. The van der Waals surface area contributed by atoms with Crippen molar-refractivity contribution in [2.75, 3.05) is 78.2 Å². The second-order valence-corrected chi connectivity index (χ2v) is 20.0. The van der Waals surface area contributed by atoms with Gasteiger partial charge in [-0.25, -0.2) is 0 Å². The maximum absolute atomic E-state index is 14.7. The molecule has 16 heteroatoms. The Hall–Kier alpha value is -4.20. The van der Waals surface area contributed by atoms with E-state index in [-0.39, 0.29) is 61.6 Å². The largest absolute Gasteiger partial charge is 0.493 e. The molecule has 0 aliphatic carbocycles. The highest BCUT2D eigenvalue weighted by atomic mass is 33.1. The summed E-state index contributed by atoms with van der Waals surface area (Å²) < 4.78 is 38.4. The third-order valence-corrected chi connectivity index (χ3v) is 14.9. The smallest absolute Gasteiger partial charge is 0.257 e. The lowest BCUT2D eigenvalue weighted by Crippen LogP contribution is -2.35. The zero-order valence-corrected chi connectivity index (χ0v) is 34.3. The summed E-state index contributed by atoms with van der Waals surface area (Å²) >= 11 is 0. The van der Waals surface area contributed by atoms with Crippen molar-refractivity contribution in [1.82, 2.24) is 14.7 Å². The summed E-state index contributed by atoms with van der Waals surface area (Å²) in [5.41, 5.74) is 3.71. The predicted octanol–water partition coefficient (Wildman–Crippen LogP) is 6.71. The average molecular weight is 810 g/mol. The quantitative estimate of drug-likeness (QED) is 0.0734. The van der Waals surface area contributed by atoms with Gasteiger partial charge in [0.2, 0.25) is 5.91 Å². The molecule has 2 saturated heterocycles. The van der Waals surface area contributed by atoms with Crippen molar-refractivity contribution >= 4 is 70.3 Å². The highest BCUT2D eigenvalue weighted by Crippen LogP contribution is 2.47.